The molecule has 11 nitrogen and oxygen atoms in total. The highest BCUT2D eigenvalue weighted by atomic mass is 35.5. The quantitative estimate of drug-likeness (QED) is 0.391. The smallest absolute Gasteiger partial charge is 0.410 e. The monoisotopic (exact) mass is 741 g/mol. The molecule has 4 atom stereocenters. The molecule has 1 spiro atoms. The third kappa shape index (κ3) is 7.34. The highest BCUT2D eigenvalue weighted by Crippen LogP contribution is 2.47. The molecule has 276 valence electrons. The first-order chi connectivity index (χ1) is 24.4. The Kier molecular flexibility index (Phi) is 10.1. The minimum atomic E-state index is -4.24. The molecule has 2 aromatic carbocycles. The van der Waals surface area contributed by atoms with Gasteiger partial charge in [0.1, 0.15) is 17.5 Å². The number of likely N-dealkylation sites (tertiary alicyclic amines) is 1. The van der Waals surface area contributed by atoms with Crippen LogP contribution in [0.15, 0.2) is 53.4 Å². The molecule has 2 aliphatic carbocycles. The molecule has 2 fully saturated rings. The number of hydrogen-bond acceptors (Lipinski definition) is 9. The summed E-state index contributed by atoms with van der Waals surface area (Å²) in [7, 11) is -2.54. The van der Waals surface area contributed by atoms with Crippen molar-refractivity contribution in [2.24, 2.45) is 11.8 Å². The molecule has 3 aliphatic heterocycles. The van der Waals surface area contributed by atoms with E-state index in [4.69, 9.17) is 30.5 Å². The van der Waals surface area contributed by atoms with Gasteiger partial charge >= 0.3 is 6.09 Å². The van der Waals surface area contributed by atoms with Crippen LogP contribution in [0.25, 0.3) is 0 Å². The molecular weight excluding hydrogens is 694 g/mol. The highest BCUT2D eigenvalue weighted by molar-refractivity contribution is 7.90. The fourth-order valence-corrected chi connectivity index (χ4v) is 9.66. The first-order valence-electron chi connectivity index (χ1n) is 18.0. The number of ether oxygens (including phenoxy) is 4. The van der Waals surface area contributed by atoms with Crippen LogP contribution in [0.1, 0.15) is 63.5 Å². The van der Waals surface area contributed by atoms with Crippen molar-refractivity contribution in [3.05, 3.63) is 64.7 Å². The van der Waals surface area contributed by atoms with Gasteiger partial charge < -0.3 is 28.7 Å². The second-order valence-corrected chi connectivity index (χ2v) is 17.3. The Morgan fingerprint density at radius 2 is 1.88 bits per heavy atom. The lowest BCUT2D eigenvalue weighted by Gasteiger charge is -2.46. The van der Waals surface area contributed by atoms with Gasteiger partial charge in [0.2, 0.25) is 0 Å². The third-order valence-corrected chi connectivity index (χ3v) is 13.1. The zero-order valence-electron chi connectivity index (χ0n) is 29.6. The van der Waals surface area contributed by atoms with Crippen LogP contribution in [0.3, 0.4) is 0 Å². The van der Waals surface area contributed by atoms with Crippen molar-refractivity contribution in [3.8, 4) is 5.75 Å². The number of methoxy groups -OCH3 is 1. The maximum atomic E-state index is 13.7. The van der Waals surface area contributed by atoms with Gasteiger partial charge in [0.25, 0.3) is 15.9 Å². The zero-order chi connectivity index (χ0) is 36.0. The lowest BCUT2D eigenvalue weighted by atomic mass is 9.68. The molecule has 51 heavy (non-hydrogen) atoms. The molecular formula is C38H48ClN3O8S. The van der Waals surface area contributed by atoms with Crippen molar-refractivity contribution in [2.75, 3.05) is 51.4 Å². The van der Waals surface area contributed by atoms with Crippen molar-refractivity contribution >= 4 is 39.3 Å². The van der Waals surface area contributed by atoms with Crippen LogP contribution < -0.4 is 14.4 Å². The molecule has 0 radical (unpaired) electrons. The fourth-order valence-electron chi connectivity index (χ4n) is 8.35. The van der Waals surface area contributed by atoms with Crippen molar-refractivity contribution < 1.29 is 37.0 Å². The lowest BCUT2D eigenvalue weighted by Crippen LogP contribution is -2.50. The molecule has 1 N–H and O–H groups in total. The number of aryl methyl sites for hydroxylation is 1. The molecule has 5 aliphatic rings. The van der Waals surface area contributed by atoms with E-state index < -0.39 is 27.6 Å². The number of nitrogens with zero attached hydrogens (tertiary/aromatic N) is 2. The summed E-state index contributed by atoms with van der Waals surface area (Å²) in [5.74, 6) is -0.0303. The molecule has 13 heteroatoms. The number of carbonyl (C=O) groups is 2. The van der Waals surface area contributed by atoms with Gasteiger partial charge in [-0.25, -0.2) is 17.9 Å². The van der Waals surface area contributed by atoms with Gasteiger partial charge in [0.15, 0.2) is 0 Å². The summed E-state index contributed by atoms with van der Waals surface area (Å²) < 4.78 is 53.8. The molecule has 1 saturated carbocycles. The normalized spacial score (nSPS) is 29.1. The number of halogens is 1. The number of piperidine rings is 1. The van der Waals surface area contributed by atoms with Crippen molar-refractivity contribution in [3.63, 3.8) is 0 Å². The highest BCUT2D eigenvalue weighted by Gasteiger charge is 2.45. The largest absolute Gasteiger partial charge is 0.490 e. The number of sulfonamides is 1. The Bertz CT molecular complexity index is 1790. The molecule has 2 aromatic rings. The number of benzene rings is 2. The zero-order valence-corrected chi connectivity index (χ0v) is 31.1. The van der Waals surface area contributed by atoms with Gasteiger partial charge in [-0.1, -0.05) is 23.7 Å². The molecule has 3 heterocycles. The van der Waals surface area contributed by atoms with E-state index in [1.54, 1.807) is 30.2 Å². The number of hydrogen-bond donors (Lipinski definition) is 1. The van der Waals surface area contributed by atoms with Crippen molar-refractivity contribution in [2.45, 2.75) is 86.9 Å². The summed E-state index contributed by atoms with van der Waals surface area (Å²) in [6.07, 6.45) is 9.03. The van der Waals surface area contributed by atoms with Gasteiger partial charge in [-0.05, 0) is 112 Å². The Labute approximate surface area is 305 Å². The Morgan fingerprint density at radius 3 is 2.63 bits per heavy atom. The van der Waals surface area contributed by atoms with E-state index in [9.17, 15) is 18.0 Å². The summed E-state index contributed by atoms with van der Waals surface area (Å²) in [4.78, 5) is 30.8. The van der Waals surface area contributed by atoms with E-state index in [0.29, 0.717) is 49.2 Å². The summed E-state index contributed by atoms with van der Waals surface area (Å²) in [6, 6.07) is 10.9. The minimum absolute atomic E-state index is 0.0267. The number of amides is 2. The summed E-state index contributed by atoms with van der Waals surface area (Å²) in [6.45, 7) is 5.85. The number of fused-ring (bicyclic) bond motifs is 4. The van der Waals surface area contributed by atoms with E-state index in [2.05, 4.69) is 15.7 Å². The summed E-state index contributed by atoms with van der Waals surface area (Å²) >= 11 is 6.45. The van der Waals surface area contributed by atoms with Gasteiger partial charge in [-0.2, -0.15) is 0 Å². The maximum absolute atomic E-state index is 13.7. The SMILES string of the molecule is COC1CCN(C(=O)O[C@H]2C=CCOC(C)(C)C(=O)NS(=O)(=O)c3ccc4c(c3)N(C[C@@H]3CC[C@H]32)C[C@@]2(CCCc3cc(Cl)ccc32)CO4)CC1. The second-order valence-electron chi connectivity index (χ2n) is 15.2. The second kappa shape index (κ2) is 14.2. The first-order valence-corrected chi connectivity index (χ1v) is 19.9. The molecule has 0 aromatic heterocycles. The van der Waals surface area contributed by atoms with Gasteiger partial charge in [0, 0.05) is 49.6 Å². The van der Waals surface area contributed by atoms with Crippen molar-refractivity contribution in [1.29, 1.82) is 0 Å². The standard InChI is InChI=1S/C38H48ClN3O8S/c1-37(2)35(43)40-51(45,46)29-10-13-34-32(21-29)42(23-38(24-48-34)16-4-6-25-20-27(39)9-12-31(25)38)22-26-8-11-30(26)33(7-5-19-49-37)50-36(44)41-17-14-28(47-3)15-18-41/h5,7,9-10,12-13,20-21,26,28,30,33H,4,6,8,11,14-19,22-24H2,1-3H3,(H,40,43)/t26-,30+,33-,38-/m0/s1. The predicted molar refractivity (Wildman–Crippen MR) is 193 cm³/mol. The molecule has 2 amide bonds. The van der Waals surface area contributed by atoms with Crippen LogP contribution in [0.2, 0.25) is 5.02 Å². The topological polar surface area (TPSA) is 124 Å². The molecule has 2 bridgehead atoms. The van der Waals surface area contributed by atoms with E-state index >= 15 is 0 Å². The number of nitrogens with one attached hydrogen (secondary N) is 1. The van der Waals surface area contributed by atoms with E-state index in [1.165, 1.54) is 31.0 Å². The van der Waals surface area contributed by atoms with E-state index in [1.807, 2.05) is 18.2 Å². The lowest BCUT2D eigenvalue weighted by molar-refractivity contribution is -0.139. The number of anilines is 1. The van der Waals surface area contributed by atoms with Crippen LogP contribution in [0, 0.1) is 11.8 Å². The van der Waals surface area contributed by atoms with Crippen LogP contribution in [-0.2, 0) is 40.9 Å². The van der Waals surface area contributed by atoms with E-state index in [0.717, 1.165) is 44.9 Å². The van der Waals surface area contributed by atoms with Crippen LogP contribution in [0.5, 0.6) is 5.75 Å². The fraction of sp³-hybridized carbons (Fsp3) is 0.579. The minimum Gasteiger partial charge on any atom is -0.490 e. The van der Waals surface area contributed by atoms with Gasteiger partial charge in [-0.3, -0.25) is 4.79 Å². The Hall–Kier alpha value is -3.32. The molecule has 0 unspecified atom stereocenters. The van der Waals surface area contributed by atoms with Gasteiger partial charge in [-0.15, -0.1) is 0 Å². The van der Waals surface area contributed by atoms with Crippen molar-refractivity contribution in [1.82, 2.24) is 9.62 Å². The van der Waals surface area contributed by atoms with Gasteiger partial charge in [0.05, 0.1) is 29.9 Å². The average Bonchev–Trinajstić information content (AvgIpc) is 3.24. The van der Waals surface area contributed by atoms with E-state index in [-0.39, 0.29) is 41.0 Å². The Morgan fingerprint density at radius 1 is 1.08 bits per heavy atom. The van der Waals surface area contributed by atoms with Crippen LogP contribution >= 0.6 is 11.6 Å². The number of rotatable bonds is 2. The first kappa shape index (κ1) is 36.1. The average molecular weight is 742 g/mol. The molecule has 1 saturated heterocycles. The van der Waals surface area contributed by atoms with Crippen LogP contribution in [0.4, 0.5) is 10.5 Å². The molecule has 7 rings (SSSR count). The maximum Gasteiger partial charge on any atom is 0.410 e. The number of carbonyl (C=O) groups excluding carboxylic acids is 2. The predicted octanol–water partition coefficient (Wildman–Crippen LogP) is 5.63. The summed E-state index contributed by atoms with van der Waals surface area (Å²) in [5, 5.41) is 0.702. The third-order valence-electron chi connectivity index (χ3n) is 11.6. The van der Waals surface area contributed by atoms with Crippen LogP contribution in [-0.4, -0.2) is 89.6 Å². The summed E-state index contributed by atoms with van der Waals surface area (Å²) in [5.41, 5.74) is 1.25. The Balaban J connectivity index is 1.25.